The summed E-state index contributed by atoms with van der Waals surface area (Å²) in [5, 5.41) is 13.6. The third-order valence-electron chi connectivity index (χ3n) is 3.34. The summed E-state index contributed by atoms with van der Waals surface area (Å²) in [5.74, 6) is 0.600. The highest BCUT2D eigenvalue weighted by molar-refractivity contribution is 7.91. The molecular formula is C13H18N4O4S. The third-order valence-corrected chi connectivity index (χ3v) is 5.07. The van der Waals surface area contributed by atoms with E-state index in [0.29, 0.717) is 5.96 Å². The zero-order valence-electron chi connectivity index (χ0n) is 12.2. The number of benzene rings is 1. The number of aliphatic imine (C=N–C) groups is 1. The highest BCUT2D eigenvalue weighted by Crippen LogP contribution is 2.16. The number of sulfone groups is 1. The molecule has 0 fully saturated rings. The van der Waals surface area contributed by atoms with Gasteiger partial charge in [0.2, 0.25) is 0 Å². The minimum Gasteiger partial charge on any atom is -0.355 e. The third kappa shape index (κ3) is 3.94. The first kappa shape index (κ1) is 16.2. The smallest absolute Gasteiger partial charge is 0.269 e. The summed E-state index contributed by atoms with van der Waals surface area (Å²) in [7, 11) is -1.58. The summed E-state index contributed by atoms with van der Waals surface area (Å²) < 4.78 is 24.3. The molecule has 22 heavy (non-hydrogen) atoms. The van der Waals surface area contributed by atoms with Crippen LogP contribution in [0.2, 0.25) is 0 Å². The van der Waals surface area contributed by atoms with Crippen LogP contribution < -0.4 is 5.32 Å². The molecule has 0 amide bonds. The van der Waals surface area contributed by atoms with E-state index in [1.54, 1.807) is 0 Å². The Labute approximate surface area is 128 Å². The van der Waals surface area contributed by atoms with E-state index >= 15 is 0 Å². The lowest BCUT2D eigenvalue weighted by atomic mass is 10.3. The van der Waals surface area contributed by atoms with Gasteiger partial charge in [0.05, 0.1) is 15.6 Å². The van der Waals surface area contributed by atoms with Crippen molar-refractivity contribution in [3.05, 3.63) is 34.4 Å². The average molecular weight is 326 g/mol. The van der Waals surface area contributed by atoms with Crippen LogP contribution in [0.5, 0.6) is 0 Å². The number of nitrogens with zero attached hydrogens (tertiary/aromatic N) is 3. The fraction of sp³-hybridized carbons (Fsp3) is 0.462. The second kappa shape index (κ2) is 6.73. The van der Waals surface area contributed by atoms with Crippen molar-refractivity contribution in [3.63, 3.8) is 0 Å². The summed E-state index contributed by atoms with van der Waals surface area (Å²) in [5.41, 5.74) is -0.129. The van der Waals surface area contributed by atoms with Gasteiger partial charge in [0.15, 0.2) is 15.8 Å². The Morgan fingerprint density at radius 2 is 2.05 bits per heavy atom. The monoisotopic (exact) mass is 326 g/mol. The summed E-state index contributed by atoms with van der Waals surface area (Å²) in [4.78, 5) is 16.3. The molecule has 8 nitrogen and oxygen atoms in total. The predicted octanol–water partition coefficient (Wildman–Crippen LogP) is 0.650. The molecule has 1 aliphatic rings. The first-order valence-electron chi connectivity index (χ1n) is 6.87. The number of guanidine groups is 1. The molecule has 0 spiro atoms. The van der Waals surface area contributed by atoms with Crippen molar-refractivity contribution in [2.24, 2.45) is 4.99 Å². The second-order valence-corrected chi connectivity index (χ2v) is 7.09. The molecule has 9 heteroatoms. The van der Waals surface area contributed by atoms with E-state index in [4.69, 9.17) is 0 Å². The minimum atomic E-state index is -3.48. The van der Waals surface area contributed by atoms with E-state index in [1.807, 2.05) is 11.9 Å². The van der Waals surface area contributed by atoms with Crippen molar-refractivity contribution >= 4 is 21.5 Å². The van der Waals surface area contributed by atoms with Crippen molar-refractivity contribution in [1.82, 2.24) is 10.2 Å². The molecule has 1 heterocycles. The number of nitrogens with one attached hydrogen (secondary N) is 1. The number of hydrogen-bond donors (Lipinski definition) is 1. The molecular weight excluding hydrogens is 308 g/mol. The van der Waals surface area contributed by atoms with E-state index in [2.05, 4.69) is 10.3 Å². The van der Waals surface area contributed by atoms with E-state index in [9.17, 15) is 18.5 Å². The quantitative estimate of drug-likeness (QED) is 0.629. The maximum Gasteiger partial charge on any atom is 0.269 e. The highest BCUT2D eigenvalue weighted by atomic mass is 32.2. The van der Waals surface area contributed by atoms with Crippen LogP contribution in [0.25, 0.3) is 0 Å². The molecule has 0 aromatic heterocycles. The van der Waals surface area contributed by atoms with Crippen LogP contribution in [-0.2, 0) is 9.84 Å². The molecule has 0 saturated heterocycles. The van der Waals surface area contributed by atoms with Gasteiger partial charge in [-0.15, -0.1) is 0 Å². The maximum atomic E-state index is 12.2. The zero-order chi connectivity index (χ0) is 16.2. The first-order valence-corrected chi connectivity index (χ1v) is 8.52. The number of non-ortho nitro benzene ring substituents is 1. The second-order valence-electron chi connectivity index (χ2n) is 4.98. The number of hydrogen-bond acceptors (Lipinski definition) is 7. The minimum absolute atomic E-state index is 0.0823. The highest BCUT2D eigenvalue weighted by Gasteiger charge is 2.17. The molecule has 0 radical (unpaired) electrons. The Kier molecular flexibility index (Phi) is 4.96. The summed E-state index contributed by atoms with van der Waals surface area (Å²) in [6.07, 6.45) is 0.989. The van der Waals surface area contributed by atoms with Gasteiger partial charge in [-0.05, 0) is 18.6 Å². The average Bonchev–Trinajstić information content (AvgIpc) is 2.49. The fourth-order valence-corrected chi connectivity index (χ4v) is 3.26. The molecule has 1 N–H and O–H groups in total. The van der Waals surface area contributed by atoms with Crippen LogP contribution in [0.3, 0.4) is 0 Å². The van der Waals surface area contributed by atoms with Crippen molar-refractivity contribution < 1.29 is 13.3 Å². The van der Waals surface area contributed by atoms with Crippen LogP contribution in [0, 0.1) is 10.1 Å². The molecule has 1 aromatic rings. The molecule has 1 aliphatic heterocycles. The van der Waals surface area contributed by atoms with Gasteiger partial charge in [-0.25, -0.2) is 8.42 Å². The predicted molar refractivity (Wildman–Crippen MR) is 82.7 cm³/mol. The van der Waals surface area contributed by atoms with E-state index in [0.717, 1.165) is 19.5 Å². The Morgan fingerprint density at radius 3 is 2.64 bits per heavy atom. The first-order chi connectivity index (χ1) is 10.4. The van der Waals surface area contributed by atoms with Gasteiger partial charge in [0.25, 0.3) is 5.69 Å². The maximum absolute atomic E-state index is 12.2. The molecule has 0 atom stereocenters. The Balaban J connectivity index is 1.96. The fourth-order valence-electron chi connectivity index (χ4n) is 2.10. The van der Waals surface area contributed by atoms with Gasteiger partial charge in [-0.3, -0.25) is 15.1 Å². The molecule has 2 rings (SSSR count). The van der Waals surface area contributed by atoms with Crippen molar-refractivity contribution in [1.29, 1.82) is 0 Å². The summed E-state index contributed by atoms with van der Waals surface area (Å²) >= 11 is 0. The molecule has 1 aromatic carbocycles. The lowest BCUT2D eigenvalue weighted by Crippen LogP contribution is -2.43. The van der Waals surface area contributed by atoms with Gasteiger partial charge in [-0.2, -0.15) is 0 Å². The zero-order valence-corrected chi connectivity index (χ0v) is 13.0. The standard InChI is InChI=1S/C13H18N4O4S/c1-16-9-2-7-14-13(16)15-8-10-22(20,21)12-5-3-11(4-6-12)17(18)19/h3-6H,2,7-10H2,1H3,(H,14,15). The SMILES string of the molecule is CN1CCCN=C1NCCS(=O)(=O)c1ccc([N+](=O)[O-])cc1. The lowest BCUT2D eigenvalue weighted by Gasteiger charge is -2.25. The lowest BCUT2D eigenvalue weighted by molar-refractivity contribution is -0.384. The van der Waals surface area contributed by atoms with Crippen LogP contribution >= 0.6 is 0 Å². The van der Waals surface area contributed by atoms with Gasteiger partial charge in [0, 0.05) is 38.8 Å². The van der Waals surface area contributed by atoms with Gasteiger partial charge < -0.3 is 10.2 Å². The summed E-state index contributed by atoms with van der Waals surface area (Å²) in [6, 6.07) is 4.91. The van der Waals surface area contributed by atoms with E-state index in [1.165, 1.54) is 24.3 Å². The van der Waals surface area contributed by atoms with Crippen LogP contribution in [0.15, 0.2) is 34.2 Å². The van der Waals surface area contributed by atoms with Crippen LogP contribution in [-0.4, -0.2) is 56.6 Å². The number of rotatable bonds is 5. The molecule has 0 bridgehead atoms. The number of nitro benzene ring substituents is 1. The normalized spacial score (nSPS) is 15.3. The molecule has 0 unspecified atom stereocenters. The molecule has 120 valence electrons. The Bertz CT molecular complexity index is 670. The topological polar surface area (TPSA) is 105 Å². The van der Waals surface area contributed by atoms with Gasteiger partial charge in [0.1, 0.15) is 0 Å². The Morgan fingerprint density at radius 1 is 1.36 bits per heavy atom. The van der Waals surface area contributed by atoms with Gasteiger partial charge >= 0.3 is 0 Å². The van der Waals surface area contributed by atoms with Gasteiger partial charge in [-0.1, -0.05) is 0 Å². The molecule has 0 aliphatic carbocycles. The molecule has 0 saturated carbocycles. The van der Waals surface area contributed by atoms with Crippen molar-refractivity contribution in [2.45, 2.75) is 11.3 Å². The van der Waals surface area contributed by atoms with Crippen molar-refractivity contribution in [3.8, 4) is 0 Å². The Hall–Kier alpha value is -2.16. The van der Waals surface area contributed by atoms with Crippen LogP contribution in [0.4, 0.5) is 5.69 Å². The van der Waals surface area contributed by atoms with E-state index in [-0.39, 0.29) is 22.9 Å². The number of nitro groups is 1. The largest absolute Gasteiger partial charge is 0.355 e. The van der Waals surface area contributed by atoms with Crippen LogP contribution in [0.1, 0.15) is 6.42 Å². The van der Waals surface area contributed by atoms with E-state index < -0.39 is 14.8 Å². The van der Waals surface area contributed by atoms with Crippen molar-refractivity contribution in [2.75, 3.05) is 32.4 Å². The summed E-state index contributed by atoms with van der Waals surface area (Å²) in [6.45, 7) is 1.87.